The van der Waals surface area contributed by atoms with Crippen molar-refractivity contribution in [3.63, 3.8) is 0 Å². The average molecular weight is 322 g/mol. The Morgan fingerprint density at radius 2 is 1.78 bits per heavy atom. The first-order valence-electron chi connectivity index (χ1n) is 8.20. The Hall–Kier alpha value is -1.66. The monoisotopic (exact) mass is 322 g/mol. The van der Waals surface area contributed by atoms with Crippen LogP contribution < -0.4 is 10.2 Å². The maximum atomic E-state index is 13.0. The lowest BCUT2D eigenvalue weighted by Gasteiger charge is -2.36. The van der Waals surface area contributed by atoms with Crippen LogP contribution >= 0.6 is 0 Å². The minimum atomic E-state index is -0.218. The van der Waals surface area contributed by atoms with Crippen LogP contribution in [0.1, 0.15) is 6.42 Å². The first kappa shape index (κ1) is 17.7. The van der Waals surface area contributed by atoms with E-state index in [0.29, 0.717) is 6.42 Å². The summed E-state index contributed by atoms with van der Waals surface area (Å²) in [6.45, 7) is 5.66. The highest BCUT2D eigenvalue weighted by Crippen LogP contribution is 2.17. The minimum absolute atomic E-state index is 0.209. The summed E-state index contributed by atoms with van der Waals surface area (Å²) >= 11 is 0. The van der Waals surface area contributed by atoms with Crippen molar-refractivity contribution in [3.8, 4) is 0 Å². The number of nitrogens with one attached hydrogen (secondary N) is 1. The third kappa shape index (κ3) is 5.80. The Bertz CT molecular complexity index is 484. The summed E-state index contributed by atoms with van der Waals surface area (Å²) in [7, 11) is 4.07. The smallest absolute Gasteiger partial charge is 0.223 e. The minimum Gasteiger partial charge on any atom is -0.368 e. The predicted molar refractivity (Wildman–Crippen MR) is 91.2 cm³/mol. The summed E-state index contributed by atoms with van der Waals surface area (Å²) < 4.78 is 13.0. The van der Waals surface area contributed by atoms with E-state index in [1.165, 1.54) is 12.1 Å². The molecule has 0 bridgehead atoms. The second-order valence-electron chi connectivity index (χ2n) is 6.15. The lowest BCUT2D eigenvalue weighted by molar-refractivity contribution is -0.131. The third-order valence-corrected chi connectivity index (χ3v) is 4.08. The molecule has 2 rings (SSSR count). The van der Waals surface area contributed by atoms with Crippen LogP contribution in [0.2, 0.25) is 0 Å². The molecular formula is C17H27FN4O. The molecule has 1 aliphatic rings. The number of piperazine rings is 1. The van der Waals surface area contributed by atoms with Crippen LogP contribution in [0.15, 0.2) is 24.3 Å². The molecule has 0 aliphatic carbocycles. The largest absolute Gasteiger partial charge is 0.368 e. The van der Waals surface area contributed by atoms with Gasteiger partial charge in [-0.2, -0.15) is 0 Å². The predicted octanol–water partition coefficient (Wildman–Crippen LogP) is 1.02. The number of benzene rings is 1. The topological polar surface area (TPSA) is 38.8 Å². The van der Waals surface area contributed by atoms with Crippen LogP contribution in [-0.4, -0.2) is 75.6 Å². The van der Waals surface area contributed by atoms with Crippen LogP contribution in [0, 0.1) is 5.82 Å². The van der Waals surface area contributed by atoms with E-state index in [9.17, 15) is 9.18 Å². The molecule has 5 nitrogen and oxygen atoms in total. The Balaban J connectivity index is 1.67. The van der Waals surface area contributed by atoms with E-state index >= 15 is 0 Å². The van der Waals surface area contributed by atoms with Gasteiger partial charge in [0.05, 0.1) is 0 Å². The third-order valence-electron chi connectivity index (χ3n) is 4.08. The van der Waals surface area contributed by atoms with Gasteiger partial charge in [0.25, 0.3) is 0 Å². The number of likely N-dealkylation sites (N-methyl/N-ethyl adjacent to an activating group) is 1. The van der Waals surface area contributed by atoms with Gasteiger partial charge in [-0.25, -0.2) is 4.39 Å². The van der Waals surface area contributed by atoms with E-state index in [2.05, 4.69) is 15.1 Å². The van der Waals surface area contributed by atoms with Gasteiger partial charge in [-0.3, -0.25) is 4.79 Å². The number of nitrogens with zero attached hydrogens (tertiary/aromatic N) is 3. The Morgan fingerprint density at radius 3 is 2.39 bits per heavy atom. The second kappa shape index (κ2) is 8.84. The van der Waals surface area contributed by atoms with Crippen molar-refractivity contribution in [2.75, 3.05) is 64.8 Å². The maximum Gasteiger partial charge on any atom is 0.223 e. The van der Waals surface area contributed by atoms with Crippen molar-refractivity contribution >= 4 is 11.6 Å². The Labute approximate surface area is 138 Å². The maximum absolute atomic E-state index is 13.0. The molecular weight excluding hydrogens is 295 g/mol. The quantitative estimate of drug-likeness (QED) is 0.761. The molecule has 1 aromatic rings. The van der Waals surface area contributed by atoms with Crippen molar-refractivity contribution in [2.24, 2.45) is 0 Å². The highest BCUT2D eigenvalue weighted by atomic mass is 19.1. The van der Waals surface area contributed by atoms with Crippen LogP contribution in [0.25, 0.3) is 0 Å². The number of rotatable bonds is 7. The lowest BCUT2D eigenvalue weighted by Crippen LogP contribution is -2.49. The van der Waals surface area contributed by atoms with Crippen LogP contribution in [0.3, 0.4) is 0 Å². The second-order valence-corrected chi connectivity index (χ2v) is 6.15. The van der Waals surface area contributed by atoms with E-state index in [-0.39, 0.29) is 11.7 Å². The Kier molecular flexibility index (Phi) is 6.80. The van der Waals surface area contributed by atoms with E-state index in [0.717, 1.165) is 51.5 Å². The SMILES string of the molecule is CN(C)CCNCCC(=O)N1CCN(c2ccc(F)cc2)CC1. The molecule has 1 amide bonds. The molecule has 0 radical (unpaired) electrons. The van der Waals surface area contributed by atoms with Crippen LogP contribution in [0.5, 0.6) is 0 Å². The number of amides is 1. The number of carbonyl (C=O) groups excluding carboxylic acids is 1. The zero-order valence-corrected chi connectivity index (χ0v) is 14.1. The van der Waals surface area contributed by atoms with Gasteiger partial charge in [0, 0.05) is 57.9 Å². The van der Waals surface area contributed by atoms with E-state index in [4.69, 9.17) is 0 Å². The molecule has 0 atom stereocenters. The zero-order chi connectivity index (χ0) is 16.7. The normalized spacial score (nSPS) is 15.3. The summed E-state index contributed by atoms with van der Waals surface area (Å²) in [4.78, 5) is 18.4. The standard InChI is InChI=1S/C17H27FN4O/c1-20(2)10-9-19-8-7-17(23)22-13-11-21(12-14-22)16-5-3-15(18)4-6-16/h3-6,19H,7-14H2,1-2H3. The number of anilines is 1. The molecule has 0 unspecified atom stereocenters. The number of hydrogen-bond acceptors (Lipinski definition) is 4. The molecule has 23 heavy (non-hydrogen) atoms. The molecule has 1 fully saturated rings. The molecule has 1 aromatic carbocycles. The number of halogens is 1. The molecule has 128 valence electrons. The summed E-state index contributed by atoms with van der Waals surface area (Å²) in [6.07, 6.45) is 0.546. The van der Waals surface area contributed by atoms with Gasteiger partial charge < -0.3 is 20.0 Å². The lowest BCUT2D eigenvalue weighted by atomic mass is 10.2. The van der Waals surface area contributed by atoms with Gasteiger partial charge in [0.15, 0.2) is 0 Å². The van der Waals surface area contributed by atoms with Gasteiger partial charge in [0.2, 0.25) is 5.91 Å². The van der Waals surface area contributed by atoms with Crippen LogP contribution in [0.4, 0.5) is 10.1 Å². The molecule has 0 saturated carbocycles. The van der Waals surface area contributed by atoms with Gasteiger partial charge in [-0.1, -0.05) is 0 Å². The van der Waals surface area contributed by atoms with E-state index in [1.54, 1.807) is 12.1 Å². The summed E-state index contributed by atoms with van der Waals surface area (Å²) in [5, 5.41) is 3.29. The molecule has 0 spiro atoms. The highest BCUT2D eigenvalue weighted by molar-refractivity contribution is 5.76. The Morgan fingerprint density at radius 1 is 1.13 bits per heavy atom. The zero-order valence-electron chi connectivity index (χ0n) is 14.1. The fraction of sp³-hybridized carbons (Fsp3) is 0.588. The van der Waals surface area contributed by atoms with Crippen molar-refractivity contribution < 1.29 is 9.18 Å². The van der Waals surface area contributed by atoms with Crippen molar-refractivity contribution in [2.45, 2.75) is 6.42 Å². The highest BCUT2D eigenvalue weighted by Gasteiger charge is 2.20. The molecule has 0 aromatic heterocycles. The summed E-state index contributed by atoms with van der Waals surface area (Å²) in [6, 6.07) is 6.54. The van der Waals surface area contributed by atoms with Gasteiger partial charge in [0.1, 0.15) is 5.82 Å². The van der Waals surface area contributed by atoms with Gasteiger partial charge in [-0.15, -0.1) is 0 Å². The summed E-state index contributed by atoms with van der Waals surface area (Å²) in [5.41, 5.74) is 1.02. The first-order valence-corrected chi connectivity index (χ1v) is 8.20. The first-order chi connectivity index (χ1) is 11.1. The van der Waals surface area contributed by atoms with E-state index < -0.39 is 0 Å². The molecule has 1 saturated heterocycles. The molecule has 1 N–H and O–H groups in total. The molecule has 1 heterocycles. The number of hydrogen-bond donors (Lipinski definition) is 1. The summed E-state index contributed by atoms with van der Waals surface area (Å²) in [5.74, 6) is -0.00885. The fourth-order valence-corrected chi connectivity index (χ4v) is 2.65. The van der Waals surface area contributed by atoms with E-state index in [1.807, 2.05) is 19.0 Å². The van der Waals surface area contributed by atoms with Gasteiger partial charge >= 0.3 is 0 Å². The molecule has 6 heteroatoms. The van der Waals surface area contributed by atoms with Gasteiger partial charge in [-0.05, 0) is 38.4 Å². The fourth-order valence-electron chi connectivity index (χ4n) is 2.65. The molecule has 1 aliphatic heterocycles. The average Bonchev–Trinajstić information content (AvgIpc) is 2.55. The van der Waals surface area contributed by atoms with Crippen LogP contribution in [-0.2, 0) is 4.79 Å². The van der Waals surface area contributed by atoms with Crippen molar-refractivity contribution in [1.82, 2.24) is 15.1 Å². The number of carbonyl (C=O) groups is 1. The van der Waals surface area contributed by atoms with Crippen molar-refractivity contribution in [1.29, 1.82) is 0 Å². The van der Waals surface area contributed by atoms with Crippen molar-refractivity contribution in [3.05, 3.63) is 30.1 Å².